The Morgan fingerprint density at radius 3 is 2.83 bits per heavy atom. The summed E-state index contributed by atoms with van der Waals surface area (Å²) < 4.78 is 0. The van der Waals surface area contributed by atoms with Crippen molar-refractivity contribution >= 4 is 23.2 Å². The minimum absolute atomic E-state index is 0.0424. The fourth-order valence-electron chi connectivity index (χ4n) is 3.00. The molecule has 134 valence electrons. The molecule has 1 saturated heterocycles. The van der Waals surface area contributed by atoms with Crippen molar-refractivity contribution in [2.24, 2.45) is 5.92 Å². The number of amides is 2. The van der Waals surface area contributed by atoms with Gasteiger partial charge in [-0.25, -0.2) is 4.98 Å². The molecule has 1 unspecified atom stereocenters. The van der Waals surface area contributed by atoms with Gasteiger partial charge in [0.15, 0.2) is 0 Å². The lowest BCUT2D eigenvalue weighted by Crippen LogP contribution is -2.45. The van der Waals surface area contributed by atoms with Gasteiger partial charge >= 0.3 is 0 Å². The predicted octanol–water partition coefficient (Wildman–Crippen LogP) is 3.17. The molecule has 0 aliphatic carbocycles. The second-order valence-corrected chi connectivity index (χ2v) is 7.59. The number of carbonyl (C=O) groups is 2. The van der Waals surface area contributed by atoms with Crippen LogP contribution in [0.3, 0.4) is 0 Å². The summed E-state index contributed by atoms with van der Waals surface area (Å²) in [5.41, 5.74) is 0.827. The second kappa shape index (κ2) is 9.16. The lowest BCUT2D eigenvalue weighted by atomic mass is 9.97. The van der Waals surface area contributed by atoms with Crippen LogP contribution in [0.1, 0.15) is 66.3 Å². The number of hydrogen-bond donors (Lipinski definition) is 1. The lowest BCUT2D eigenvalue weighted by Gasteiger charge is -2.31. The number of rotatable bonds is 7. The molecule has 0 radical (unpaired) electrons. The number of piperidine rings is 1. The fraction of sp³-hybridized carbons (Fsp3) is 0.722. The van der Waals surface area contributed by atoms with E-state index < -0.39 is 0 Å². The molecule has 0 spiro atoms. The third kappa shape index (κ3) is 4.79. The van der Waals surface area contributed by atoms with Gasteiger partial charge in [0.25, 0.3) is 5.91 Å². The summed E-state index contributed by atoms with van der Waals surface area (Å²) in [5, 5.41) is 4.00. The summed E-state index contributed by atoms with van der Waals surface area (Å²) in [7, 11) is 0. The summed E-state index contributed by atoms with van der Waals surface area (Å²) in [6.07, 6.45) is 5.85. The number of nitrogens with zero attached hydrogens (tertiary/aromatic N) is 2. The summed E-state index contributed by atoms with van der Waals surface area (Å²) in [6, 6.07) is 0. The summed E-state index contributed by atoms with van der Waals surface area (Å²) in [5.74, 6) is 0.0433. The molecule has 1 fully saturated rings. The van der Waals surface area contributed by atoms with Crippen LogP contribution in [0.5, 0.6) is 0 Å². The van der Waals surface area contributed by atoms with Gasteiger partial charge in [0.2, 0.25) is 5.91 Å². The molecular weight excluding hydrogens is 322 g/mol. The lowest BCUT2D eigenvalue weighted by molar-refractivity contribution is -0.126. The van der Waals surface area contributed by atoms with Crippen LogP contribution in [0, 0.1) is 12.8 Å². The molecule has 0 bridgehead atoms. The van der Waals surface area contributed by atoms with Crippen molar-refractivity contribution in [3.05, 3.63) is 15.6 Å². The van der Waals surface area contributed by atoms with Crippen LogP contribution in [0.2, 0.25) is 0 Å². The fourth-order valence-corrected chi connectivity index (χ4v) is 4.07. The van der Waals surface area contributed by atoms with E-state index in [4.69, 9.17) is 0 Å². The molecule has 1 aliphatic heterocycles. The van der Waals surface area contributed by atoms with Gasteiger partial charge in [-0.15, -0.1) is 11.3 Å². The van der Waals surface area contributed by atoms with Crippen molar-refractivity contribution < 1.29 is 9.59 Å². The van der Waals surface area contributed by atoms with E-state index in [0.717, 1.165) is 60.6 Å². The molecule has 2 amide bonds. The van der Waals surface area contributed by atoms with E-state index in [1.165, 1.54) is 11.3 Å². The van der Waals surface area contributed by atoms with Gasteiger partial charge in [0, 0.05) is 19.6 Å². The smallest absolute Gasteiger partial charge is 0.265 e. The minimum Gasteiger partial charge on any atom is -0.356 e. The largest absolute Gasteiger partial charge is 0.356 e. The first kappa shape index (κ1) is 18.9. The summed E-state index contributed by atoms with van der Waals surface area (Å²) in [4.78, 5) is 32.2. The van der Waals surface area contributed by atoms with Crippen LogP contribution >= 0.6 is 11.3 Å². The van der Waals surface area contributed by atoms with Gasteiger partial charge in [0.1, 0.15) is 4.88 Å². The van der Waals surface area contributed by atoms with Crippen LogP contribution in [0.15, 0.2) is 0 Å². The highest BCUT2D eigenvalue weighted by molar-refractivity contribution is 7.13. The molecule has 2 heterocycles. The van der Waals surface area contributed by atoms with Crippen LogP contribution in [0.25, 0.3) is 0 Å². The van der Waals surface area contributed by atoms with Gasteiger partial charge in [0.05, 0.1) is 16.6 Å². The molecule has 1 aliphatic rings. The average Bonchev–Trinajstić information content (AvgIpc) is 2.97. The molecule has 6 heteroatoms. The molecule has 24 heavy (non-hydrogen) atoms. The molecule has 5 nitrogen and oxygen atoms in total. The van der Waals surface area contributed by atoms with Crippen LogP contribution in [-0.4, -0.2) is 41.3 Å². The molecule has 1 atom stereocenters. The first-order chi connectivity index (χ1) is 11.6. The number of unbranched alkanes of at least 4 members (excludes halogenated alkanes) is 1. The third-order valence-electron chi connectivity index (χ3n) is 4.41. The number of hydrogen-bond acceptors (Lipinski definition) is 4. The van der Waals surface area contributed by atoms with Gasteiger partial charge in [-0.2, -0.15) is 0 Å². The Morgan fingerprint density at radius 2 is 2.12 bits per heavy atom. The maximum absolute atomic E-state index is 12.9. The molecule has 1 aromatic heterocycles. The quantitative estimate of drug-likeness (QED) is 0.821. The molecule has 0 saturated carbocycles. The first-order valence-electron chi connectivity index (χ1n) is 9.10. The van der Waals surface area contributed by atoms with Gasteiger partial charge < -0.3 is 10.2 Å². The number of nitrogens with one attached hydrogen (secondary N) is 1. The van der Waals surface area contributed by atoms with Crippen molar-refractivity contribution in [1.29, 1.82) is 0 Å². The van der Waals surface area contributed by atoms with E-state index in [1.54, 1.807) is 0 Å². The van der Waals surface area contributed by atoms with Crippen LogP contribution in [-0.2, 0) is 11.2 Å². The standard InChI is InChI=1S/C18H29N3O2S/c1-4-6-9-15-20-13(3)16(24-15)18(23)21-11-7-8-14(12-21)17(22)19-10-5-2/h14H,4-12H2,1-3H3,(H,19,22). The number of thiazole rings is 1. The predicted molar refractivity (Wildman–Crippen MR) is 97.4 cm³/mol. The van der Waals surface area contributed by atoms with E-state index in [0.29, 0.717) is 13.1 Å². The number of carbonyl (C=O) groups excluding carboxylic acids is 2. The van der Waals surface area contributed by atoms with E-state index in [2.05, 4.69) is 17.2 Å². The summed E-state index contributed by atoms with van der Waals surface area (Å²) in [6.45, 7) is 8.07. The minimum atomic E-state index is -0.0814. The van der Waals surface area contributed by atoms with Gasteiger partial charge in [-0.05, 0) is 39.0 Å². The molecule has 1 aromatic rings. The Kier molecular flexibility index (Phi) is 7.21. The van der Waals surface area contributed by atoms with E-state index in [9.17, 15) is 9.59 Å². The highest BCUT2D eigenvalue weighted by Crippen LogP contribution is 2.25. The second-order valence-electron chi connectivity index (χ2n) is 6.51. The summed E-state index contributed by atoms with van der Waals surface area (Å²) >= 11 is 1.52. The molecule has 1 N–H and O–H groups in total. The maximum Gasteiger partial charge on any atom is 0.265 e. The Hall–Kier alpha value is -1.43. The Bertz CT molecular complexity index is 571. The Balaban J connectivity index is 2.01. The maximum atomic E-state index is 12.9. The first-order valence-corrected chi connectivity index (χ1v) is 9.91. The van der Waals surface area contributed by atoms with Gasteiger partial charge in [-0.3, -0.25) is 9.59 Å². The van der Waals surface area contributed by atoms with Crippen molar-refractivity contribution in [2.75, 3.05) is 19.6 Å². The van der Waals surface area contributed by atoms with Gasteiger partial charge in [-0.1, -0.05) is 20.3 Å². The zero-order chi connectivity index (χ0) is 17.5. The van der Waals surface area contributed by atoms with E-state index in [1.807, 2.05) is 18.7 Å². The number of aryl methyl sites for hydroxylation is 2. The Morgan fingerprint density at radius 1 is 1.33 bits per heavy atom. The van der Waals surface area contributed by atoms with Crippen LogP contribution in [0.4, 0.5) is 0 Å². The molecule has 2 rings (SSSR count). The zero-order valence-corrected chi connectivity index (χ0v) is 15.9. The van der Waals surface area contributed by atoms with Crippen molar-refractivity contribution in [2.45, 2.75) is 59.3 Å². The number of likely N-dealkylation sites (tertiary alicyclic amines) is 1. The Labute approximate surface area is 148 Å². The van der Waals surface area contributed by atoms with E-state index >= 15 is 0 Å². The van der Waals surface area contributed by atoms with E-state index in [-0.39, 0.29) is 17.7 Å². The number of aromatic nitrogens is 1. The average molecular weight is 352 g/mol. The monoisotopic (exact) mass is 351 g/mol. The SMILES string of the molecule is CCCCc1nc(C)c(C(=O)N2CCCC(C(=O)NCCC)C2)s1. The zero-order valence-electron chi connectivity index (χ0n) is 15.1. The normalized spacial score (nSPS) is 17.8. The highest BCUT2D eigenvalue weighted by Gasteiger charge is 2.30. The molecular formula is C18H29N3O2S. The topological polar surface area (TPSA) is 62.3 Å². The molecule has 0 aromatic carbocycles. The van der Waals surface area contributed by atoms with Crippen molar-refractivity contribution in [3.8, 4) is 0 Å². The third-order valence-corrected chi connectivity index (χ3v) is 5.61. The highest BCUT2D eigenvalue weighted by atomic mass is 32.1. The van der Waals surface area contributed by atoms with Crippen molar-refractivity contribution in [1.82, 2.24) is 15.2 Å². The van der Waals surface area contributed by atoms with Crippen LogP contribution < -0.4 is 5.32 Å². The van der Waals surface area contributed by atoms with Crippen molar-refractivity contribution in [3.63, 3.8) is 0 Å².